The lowest BCUT2D eigenvalue weighted by atomic mass is 9.79. The number of carbonyl (C=O) groups excluding carboxylic acids is 1. The fourth-order valence-corrected chi connectivity index (χ4v) is 6.16. The summed E-state index contributed by atoms with van der Waals surface area (Å²) < 4.78 is 0. The number of nitrogens with zero attached hydrogens (tertiary/aromatic N) is 2. The van der Waals surface area contributed by atoms with Gasteiger partial charge in [0.25, 0.3) is 0 Å². The largest absolute Gasteiger partial charge is 0.356 e. The minimum atomic E-state index is 0. The van der Waals surface area contributed by atoms with E-state index >= 15 is 0 Å². The average molecular weight is 550 g/mol. The van der Waals surface area contributed by atoms with Crippen molar-refractivity contribution in [3.8, 4) is 0 Å². The Balaban J connectivity index is 0.00000204. The van der Waals surface area contributed by atoms with Crippen LogP contribution < -0.4 is 10.6 Å². The van der Waals surface area contributed by atoms with Gasteiger partial charge in [0.05, 0.1) is 0 Å². The normalized spacial score (nSPS) is 25.0. The predicted octanol–water partition coefficient (Wildman–Crippen LogP) is 4.77. The van der Waals surface area contributed by atoms with Crippen molar-refractivity contribution in [2.75, 3.05) is 45.8 Å². The zero-order valence-corrected chi connectivity index (χ0v) is 23.8. The summed E-state index contributed by atoms with van der Waals surface area (Å²) in [6.07, 6.45) is 7.88. The van der Waals surface area contributed by atoms with E-state index in [-0.39, 0.29) is 43.1 Å². The van der Waals surface area contributed by atoms with E-state index in [0.717, 1.165) is 56.7 Å². The number of carbonyl (C=O) groups is 1. The first-order valence-electron chi connectivity index (χ1n) is 13.2. The number of rotatable bonds is 10. The first-order valence-corrected chi connectivity index (χ1v) is 13.2. The summed E-state index contributed by atoms with van der Waals surface area (Å²) in [5.74, 6) is 2.55. The molecule has 3 fully saturated rings. The number of likely N-dealkylation sites (tertiary alicyclic amines) is 2. The van der Waals surface area contributed by atoms with Gasteiger partial charge in [0, 0.05) is 38.6 Å². The molecule has 1 amide bonds. The van der Waals surface area contributed by atoms with Gasteiger partial charge in [0.1, 0.15) is 0 Å². The zero-order chi connectivity index (χ0) is 22.2. The Labute approximate surface area is 231 Å². The molecule has 0 saturated carbocycles. The molecule has 0 aliphatic carbocycles. The third kappa shape index (κ3) is 10.4. The highest BCUT2D eigenvalue weighted by molar-refractivity contribution is 5.86. The van der Waals surface area contributed by atoms with Crippen molar-refractivity contribution in [3.63, 3.8) is 0 Å². The highest BCUT2D eigenvalue weighted by Crippen LogP contribution is 2.31. The van der Waals surface area contributed by atoms with Crippen molar-refractivity contribution in [3.05, 3.63) is 35.9 Å². The van der Waals surface area contributed by atoms with E-state index in [2.05, 4.69) is 57.7 Å². The van der Waals surface area contributed by atoms with Gasteiger partial charge < -0.3 is 15.5 Å². The molecule has 2 bridgehead atoms. The van der Waals surface area contributed by atoms with Crippen LogP contribution in [0.15, 0.2) is 30.3 Å². The van der Waals surface area contributed by atoms with Crippen molar-refractivity contribution in [2.24, 2.45) is 17.8 Å². The standard InChI is InChI=1S/C27H44N4O.3ClH/c1-2-30-15-12-22(13-16-30)11-14-28-27(32)10-6-9-26-25-17-24(18-29-26)20-31(21-25)19-23-7-4-3-5-8-23;;;/h3-5,7-8,22,24-26,29H,2,6,9-21H2,1H3,(H,28,32);3*1H/t24?,25?,26-;;;/m1.../s1. The fourth-order valence-electron chi connectivity index (χ4n) is 6.16. The molecule has 0 aromatic heterocycles. The highest BCUT2D eigenvalue weighted by Gasteiger charge is 2.36. The van der Waals surface area contributed by atoms with E-state index in [0.29, 0.717) is 12.5 Å². The third-order valence-electron chi connectivity index (χ3n) is 8.08. The van der Waals surface area contributed by atoms with Crippen LogP contribution in [0.2, 0.25) is 0 Å². The van der Waals surface area contributed by atoms with Crippen LogP contribution in [0.3, 0.4) is 0 Å². The smallest absolute Gasteiger partial charge is 0.219 e. The Morgan fingerprint density at radius 2 is 1.77 bits per heavy atom. The molecule has 3 atom stereocenters. The van der Waals surface area contributed by atoms with Gasteiger partial charge in [-0.3, -0.25) is 9.69 Å². The summed E-state index contributed by atoms with van der Waals surface area (Å²) in [7, 11) is 0. The first-order chi connectivity index (χ1) is 15.7. The Kier molecular flexibility index (Phi) is 15.8. The number of hydrogen-bond acceptors (Lipinski definition) is 4. The van der Waals surface area contributed by atoms with Gasteiger partial charge in [-0.15, -0.1) is 37.2 Å². The molecule has 2 N–H and O–H groups in total. The van der Waals surface area contributed by atoms with E-state index in [4.69, 9.17) is 0 Å². The van der Waals surface area contributed by atoms with Gasteiger partial charge in [-0.2, -0.15) is 0 Å². The maximum atomic E-state index is 12.3. The Bertz CT molecular complexity index is 703. The van der Waals surface area contributed by atoms with Gasteiger partial charge in [-0.1, -0.05) is 37.3 Å². The molecule has 8 heteroatoms. The molecule has 35 heavy (non-hydrogen) atoms. The topological polar surface area (TPSA) is 47.6 Å². The van der Waals surface area contributed by atoms with Crippen LogP contribution in [-0.4, -0.2) is 67.6 Å². The predicted molar refractivity (Wildman–Crippen MR) is 153 cm³/mol. The van der Waals surface area contributed by atoms with Gasteiger partial charge in [-0.25, -0.2) is 0 Å². The number of nitrogens with one attached hydrogen (secondary N) is 2. The van der Waals surface area contributed by atoms with E-state index in [9.17, 15) is 4.79 Å². The molecule has 0 radical (unpaired) electrons. The number of halogens is 3. The van der Waals surface area contributed by atoms with Crippen LogP contribution in [0, 0.1) is 17.8 Å². The van der Waals surface area contributed by atoms with Gasteiger partial charge >= 0.3 is 0 Å². The molecule has 3 aliphatic heterocycles. The highest BCUT2D eigenvalue weighted by atomic mass is 35.5. The summed E-state index contributed by atoms with van der Waals surface area (Å²) in [6, 6.07) is 11.4. The molecule has 1 aromatic carbocycles. The molecule has 202 valence electrons. The molecular weight excluding hydrogens is 503 g/mol. The molecule has 5 nitrogen and oxygen atoms in total. The second-order valence-corrected chi connectivity index (χ2v) is 10.5. The van der Waals surface area contributed by atoms with E-state index in [1.165, 1.54) is 57.5 Å². The number of piperidine rings is 3. The Hall–Kier alpha value is -0.560. The maximum Gasteiger partial charge on any atom is 0.219 e. The zero-order valence-electron chi connectivity index (χ0n) is 21.3. The number of amides is 1. The summed E-state index contributed by atoms with van der Waals surface area (Å²) in [4.78, 5) is 17.5. The van der Waals surface area contributed by atoms with Crippen molar-refractivity contribution in [2.45, 2.75) is 64.5 Å². The van der Waals surface area contributed by atoms with Crippen molar-refractivity contribution in [1.29, 1.82) is 0 Å². The molecular formula is C27H47Cl3N4O. The lowest BCUT2D eigenvalue weighted by Gasteiger charge is -2.46. The molecule has 3 saturated heterocycles. The fraction of sp³-hybridized carbons (Fsp3) is 0.741. The minimum absolute atomic E-state index is 0. The number of benzene rings is 1. The molecule has 3 heterocycles. The summed E-state index contributed by atoms with van der Waals surface area (Å²) in [6.45, 7) is 11.3. The average Bonchev–Trinajstić information content (AvgIpc) is 2.82. The van der Waals surface area contributed by atoms with Gasteiger partial charge in [0.2, 0.25) is 5.91 Å². The van der Waals surface area contributed by atoms with E-state index < -0.39 is 0 Å². The van der Waals surface area contributed by atoms with Crippen LogP contribution in [0.25, 0.3) is 0 Å². The van der Waals surface area contributed by atoms with Crippen LogP contribution in [0.4, 0.5) is 0 Å². The maximum absolute atomic E-state index is 12.3. The van der Waals surface area contributed by atoms with Crippen molar-refractivity contribution in [1.82, 2.24) is 20.4 Å². The second kappa shape index (κ2) is 17.0. The van der Waals surface area contributed by atoms with Crippen molar-refractivity contribution >= 4 is 43.1 Å². The summed E-state index contributed by atoms with van der Waals surface area (Å²) in [5, 5.41) is 7.00. The van der Waals surface area contributed by atoms with Crippen LogP contribution >= 0.6 is 37.2 Å². The van der Waals surface area contributed by atoms with E-state index in [1.54, 1.807) is 0 Å². The van der Waals surface area contributed by atoms with Crippen LogP contribution in [0.1, 0.15) is 57.4 Å². The minimum Gasteiger partial charge on any atom is -0.356 e. The third-order valence-corrected chi connectivity index (χ3v) is 8.08. The molecule has 1 aromatic rings. The monoisotopic (exact) mass is 548 g/mol. The van der Waals surface area contributed by atoms with Gasteiger partial charge in [-0.05, 0) is 88.0 Å². The number of hydrogen-bond donors (Lipinski definition) is 2. The lowest BCUT2D eigenvalue weighted by molar-refractivity contribution is -0.121. The van der Waals surface area contributed by atoms with E-state index in [1.807, 2.05) is 0 Å². The summed E-state index contributed by atoms with van der Waals surface area (Å²) >= 11 is 0. The van der Waals surface area contributed by atoms with Crippen molar-refractivity contribution < 1.29 is 4.79 Å². The van der Waals surface area contributed by atoms with Crippen LogP contribution in [-0.2, 0) is 11.3 Å². The number of fused-ring (bicyclic) bond motifs is 2. The quantitative estimate of drug-likeness (QED) is 0.441. The molecule has 3 aliphatic rings. The Morgan fingerprint density at radius 3 is 2.49 bits per heavy atom. The van der Waals surface area contributed by atoms with Crippen LogP contribution in [0.5, 0.6) is 0 Å². The lowest BCUT2D eigenvalue weighted by Crippen LogP contribution is -2.55. The SMILES string of the molecule is CCN1CCC(CCNC(=O)CCC[C@H]2NCC3CC2CN(Cc2ccccc2)C3)CC1.Cl.Cl.Cl. The van der Waals surface area contributed by atoms with Gasteiger partial charge in [0.15, 0.2) is 0 Å². The second-order valence-electron chi connectivity index (χ2n) is 10.5. The summed E-state index contributed by atoms with van der Waals surface area (Å²) in [5.41, 5.74) is 1.42. The molecule has 0 spiro atoms. The molecule has 2 unspecified atom stereocenters. The molecule has 4 rings (SSSR count). The Morgan fingerprint density at radius 1 is 1.03 bits per heavy atom. The first kappa shape index (κ1) is 32.5.